The summed E-state index contributed by atoms with van der Waals surface area (Å²) >= 11 is 0. The van der Waals surface area contributed by atoms with Crippen molar-refractivity contribution in [3.63, 3.8) is 0 Å². The maximum Gasteiger partial charge on any atom is 0.0599 e. The van der Waals surface area contributed by atoms with E-state index in [1.54, 1.807) is 0 Å². The molecule has 1 rings (SSSR count). The van der Waals surface area contributed by atoms with Gasteiger partial charge in [0.15, 0.2) is 0 Å². The number of nitrogens with zero attached hydrogens (tertiary/aromatic N) is 1. The lowest BCUT2D eigenvalue weighted by Gasteiger charge is -2.38. The van der Waals surface area contributed by atoms with Crippen LogP contribution in [0.3, 0.4) is 0 Å². The molecule has 1 aliphatic heterocycles. The van der Waals surface area contributed by atoms with Crippen LogP contribution in [0.25, 0.3) is 0 Å². The highest BCUT2D eigenvalue weighted by Crippen LogP contribution is 2.24. The van der Waals surface area contributed by atoms with Gasteiger partial charge in [0.05, 0.1) is 6.10 Å². The monoisotopic (exact) mass is 242 g/mol. The van der Waals surface area contributed by atoms with E-state index in [1.165, 1.54) is 38.9 Å². The minimum atomic E-state index is 0.410. The summed E-state index contributed by atoms with van der Waals surface area (Å²) < 4.78 is 5.70. The SMILES string of the molecule is CCOC1CCN(CC(C)(CC)CNC)CC1. The molecule has 1 aliphatic rings. The van der Waals surface area contributed by atoms with E-state index in [4.69, 9.17) is 4.74 Å². The van der Waals surface area contributed by atoms with Crippen molar-refractivity contribution in [2.24, 2.45) is 5.41 Å². The third-order valence-electron chi connectivity index (χ3n) is 4.00. The van der Waals surface area contributed by atoms with Crippen LogP contribution in [0.1, 0.15) is 40.0 Å². The minimum Gasteiger partial charge on any atom is -0.378 e. The van der Waals surface area contributed by atoms with Gasteiger partial charge in [-0.3, -0.25) is 0 Å². The number of hydrogen-bond donors (Lipinski definition) is 1. The van der Waals surface area contributed by atoms with E-state index >= 15 is 0 Å². The zero-order valence-electron chi connectivity index (χ0n) is 12.1. The smallest absolute Gasteiger partial charge is 0.0599 e. The van der Waals surface area contributed by atoms with Crippen LogP contribution in [-0.4, -0.2) is 50.8 Å². The average molecular weight is 242 g/mol. The summed E-state index contributed by atoms with van der Waals surface area (Å²) in [6, 6.07) is 0. The fraction of sp³-hybridized carbons (Fsp3) is 1.00. The Bertz CT molecular complexity index is 202. The summed E-state index contributed by atoms with van der Waals surface area (Å²) in [5, 5.41) is 3.33. The molecule has 3 heteroatoms. The summed E-state index contributed by atoms with van der Waals surface area (Å²) in [4.78, 5) is 2.61. The molecule has 1 N–H and O–H groups in total. The van der Waals surface area contributed by atoms with E-state index in [1.807, 2.05) is 0 Å². The van der Waals surface area contributed by atoms with Gasteiger partial charge in [-0.2, -0.15) is 0 Å². The second-order valence-electron chi connectivity index (χ2n) is 5.63. The number of piperidine rings is 1. The van der Waals surface area contributed by atoms with Gasteiger partial charge in [-0.05, 0) is 38.6 Å². The van der Waals surface area contributed by atoms with Gasteiger partial charge >= 0.3 is 0 Å². The maximum absolute atomic E-state index is 5.70. The predicted molar refractivity (Wildman–Crippen MR) is 73.4 cm³/mol. The predicted octanol–water partition coefficient (Wildman–Crippen LogP) is 2.12. The first-order valence-corrected chi connectivity index (χ1v) is 7.12. The number of hydrogen-bond acceptors (Lipinski definition) is 3. The summed E-state index contributed by atoms with van der Waals surface area (Å²) in [5.41, 5.74) is 0.410. The number of rotatable bonds is 7. The third kappa shape index (κ3) is 4.94. The van der Waals surface area contributed by atoms with Crippen molar-refractivity contribution in [1.82, 2.24) is 10.2 Å². The van der Waals surface area contributed by atoms with Crippen LogP contribution in [0, 0.1) is 5.41 Å². The van der Waals surface area contributed by atoms with Crippen LogP contribution in [0.15, 0.2) is 0 Å². The molecule has 0 aromatic heterocycles. The Balaban J connectivity index is 2.33. The van der Waals surface area contributed by atoms with Crippen LogP contribution >= 0.6 is 0 Å². The van der Waals surface area contributed by atoms with Gasteiger partial charge in [-0.15, -0.1) is 0 Å². The van der Waals surface area contributed by atoms with Crippen molar-refractivity contribution in [1.29, 1.82) is 0 Å². The molecular formula is C14H30N2O. The van der Waals surface area contributed by atoms with E-state index in [2.05, 4.69) is 38.0 Å². The second-order valence-corrected chi connectivity index (χ2v) is 5.63. The van der Waals surface area contributed by atoms with E-state index in [9.17, 15) is 0 Å². The first-order chi connectivity index (χ1) is 8.13. The van der Waals surface area contributed by atoms with Gasteiger partial charge in [0.1, 0.15) is 0 Å². The topological polar surface area (TPSA) is 24.5 Å². The molecule has 0 saturated carbocycles. The Labute approximate surface area is 107 Å². The van der Waals surface area contributed by atoms with E-state index in [0.29, 0.717) is 11.5 Å². The first kappa shape index (κ1) is 14.9. The number of likely N-dealkylation sites (tertiary alicyclic amines) is 1. The van der Waals surface area contributed by atoms with Crippen molar-refractivity contribution >= 4 is 0 Å². The standard InChI is InChI=1S/C14H30N2O/c1-5-14(3,11-15-4)12-16-9-7-13(8-10-16)17-6-2/h13,15H,5-12H2,1-4H3. The molecule has 1 unspecified atom stereocenters. The van der Waals surface area contributed by atoms with Gasteiger partial charge in [-0.1, -0.05) is 13.8 Å². The normalized spacial score (nSPS) is 22.6. The van der Waals surface area contributed by atoms with E-state index < -0.39 is 0 Å². The summed E-state index contributed by atoms with van der Waals surface area (Å²) in [6.07, 6.45) is 4.15. The summed E-state index contributed by atoms with van der Waals surface area (Å²) in [6.45, 7) is 12.3. The Morgan fingerprint density at radius 1 is 1.29 bits per heavy atom. The maximum atomic E-state index is 5.70. The Morgan fingerprint density at radius 2 is 1.94 bits per heavy atom. The van der Waals surface area contributed by atoms with Crippen molar-refractivity contribution < 1.29 is 4.74 Å². The van der Waals surface area contributed by atoms with Crippen LogP contribution in [0.5, 0.6) is 0 Å². The molecule has 0 aliphatic carbocycles. The lowest BCUT2D eigenvalue weighted by molar-refractivity contribution is 0.00503. The molecule has 102 valence electrons. The molecule has 1 saturated heterocycles. The first-order valence-electron chi connectivity index (χ1n) is 7.12. The van der Waals surface area contributed by atoms with E-state index in [-0.39, 0.29) is 0 Å². The molecule has 0 radical (unpaired) electrons. The molecule has 1 atom stereocenters. The molecule has 0 spiro atoms. The number of ether oxygens (including phenoxy) is 1. The van der Waals surface area contributed by atoms with Crippen molar-refractivity contribution in [3.8, 4) is 0 Å². The van der Waals surface area contributed by atoms with Crippen LogP contribution in [0.4, 0.5) is 0 Å². The second kappa shape index (κ2) is 7.34. The van der Waals surface area contributed by atoms with Crippen molar-refractivity contribution in [3.05, 3.63) is 0 Å². The quantitative estimate of drug-likeness (QED) is 0.740. The van der Waals surface area contributed by atoms with Gasteiger partial charge in [0, 0.05) is 32.8 Å². The van der Waals surface area contributed by atoms with Crippen molar-refractivity contribution in [2.45, 2.75) is 46.1 Å². The Kier molecular flexibility index (Phi) is 6.45. The number of nitrogens with one attached hydrogen (secondary N) is 1. The molecule has 0 bridgehead atoms. The minimum absolute atomic E-state index is 0.410. The lowest BCUT2D eigenvalue weighted by Crippen LogP contribution is -2.45. The third-order valence-corrected chi connectivity index (χ3v) is 4.00. The highest BCUT2D eigenvalue weighted by Gasteiger charge is 2.27. The summed E-state index contributed by atoms with van der Waals surface area (Å²) in [5.74, 6) is 0. The highest BCUT2D eigenvalue weighted by molar-refractivity contribution is 4.82. The molecule has 17 heavy (non-hydrogen) atoms. The largest absolute Gasteiger partial charge is 0.378 e. The molecule has 0 amide bonds. The van der Waals surface area contributed by atoms with E-state index in [0.717, 1.165) is 13.2 Å². The zero-order valence-corrected chi connectivity index (χ0v) is 12.1. The Hall–Kier alpha value is -0.120. The summed E-state index contributed by atoms with van der Waals surface area (Å²) in [7, 11) is 2.05. The molecule has 1 fully saturated rings. The van der Waals surface area contributed by atoms with Gasteiger partial charge in [-0.25, -0.2) is 0 Å². The van der Waals surface area contributed by atoms with Gasteiger partial charge in [0.25, 0.3) is 0 Å². The van der Waals surface area contributed by atoms with Crippen LogP contribution in [0.2, 0.25) is 0 Å². The lowest BCUT2D eigenvalue weighted by atomic mass is 9.86. The fourth-order valence-corrected chi connectivity index (χ4v) is 2.73. The van der Waals surface area contributed by atoms with Crippen molar-refractivity contribution in [2.75, 3.05) is 39.8 Å². The highest BCUT2D eigenvalue weighted by atomic mass is 16.5. The molecule has 3 nitrogen and oxygen atoms in total. The van der Waals surface area contributed by atoms with Crippen LogP contribution < -0.4 is 5.32 Å². The zero-order chi connectivity index (χ0) is 12.7. The molecule has 1 heterocycles. The van der Waals surface area contributed by atoms with Gasteiger partial charge < -0.3 is 15.0 Å². The Morgan fingerprint density at radius 3 is 2.41 bits per heavy atom. The molecule has 0 aromatic rings. The fourth-order valence-electron chi connectivity index (χ4n) is 2.73. The molecule has 0 aromatic carbocycles. The molecular weight excluding hydrogens is 212 g/mol. The average Bonchev–Trinajstić information content (AvgIpc) is 2.32. The van der Waals surface area contributed by atoms with Gasteiger partial charge in [0.2, 0.25) is 0 Å². The van der Waals surface area contributed by atoms with Crippen LogP contribution in [-0.2, 0) is 4.74 Å².